The van der Waals surface area contributed by atoms with Crippen LogP contribution in [0.1, 0.15) is 56.3 Å². The second kappa shape index (κ2) is 9.80. The topological polar surface area (TPSA) is 113 Å². The number of aryl methyl sites for hydroxylation is 1. The molecule has 0 unspecified atom stereocenters. The number of likely N-dealkylation sites (tertiary alicyclic amines) is 1. The molecule has 9 heteroatoms. The molecule has 2 aromatic heterocycles. The quantitative estimate of drug-likeness (QED) is 0.555. The van der Waals surface area contributed by atoms with Crippen molar-refractivity contribution in [1.29, 1.82) is 0 Å². The number of imidazole rings is 1. The van der Waals surface area contributed by atoms with E-state index >= 15 is 0 Å². The summed E-state index contributed by atoms with van der Waals surface area (Å²) in [6.45, 7) is 7.79. The van der Waals surface area contributed by atoms with E-state index in [1.165, 1.54) is 11.1 Å². The summed E-state index contributed by atoms with van der Waals surface area (Å²) in [6, 6.07) is 8.53. The normalized spacial score (nSPS) is 19.9. The third-order valence-electron chi connectivity index (χ3n) is 6.42. The van der Waals surface area contributed by atoms with Gasteiger partial charge in [-0.3, -0.25) is 9.59 Å². The monoisotopic (exact) mass is 465 g/mol. The van der Waals surface area contributed by atoms with E-state index in [-0.39, 0.29) is 36.7 Å². The lowest BCUT2D eigenvalue weighted by molar-refractivity contribution is -0.141. The molecule has 0 bridgehead atoms. The number of carbonyl (C=O) groups is 2. The van der Waals surface area contributed by atoms with Crippen LogP contribution < -0.4 is 5.32 Å². The Morgan fingerprint density at radius 1 is 1.15 bits per heavy atom. The van der Waals surface area contributed by atoms with Crippen molar-refractivity contribution in [3.8, 4) is 5.69 Å². The first-order valence-corrected chi connectivity index (χ1v) is 11.6. The molecule has 0 aliphatic carbocycles. The van der Waals surface area contributed by atoms with Crippen LogP contribution in [0.25, 0.3) is 5.69 Å². The van der Waals surface area contributed by atoms with Crippen molar-refractivity contribution >= 4 is 11.8 Å². The van der Waals surface area contributed by atoms with Crippen LogP contribution >= 0.6 is 0 Å². The smallest absolute Gasteiger partial charge is 0.243 e. The van der Waals surface area contributed by atoms with Gasteiger partial charge in [0.05, 0.1) is 18.3 Å². The Hall–Kier alpha value is -3.46. The molecule has 1 aliphatic rings. The van der Waals surface area contributed by atoms with Gasteiger partial charge >= 0.3 is 0 Å². The molecular formula is C25H31N5O4. The maximum atomic E-state index is 13.4. The zero-order valence-electron chi connectivity index (χ0n) is 19.9. The zero-order chi connectivity index (χ0) is 24.4. The van der Waals surface area contributed by atoms with Crippen LogP contribution in [0, 0.1) is 12.8 Å². The van der Waals surface area contributed by atoms with Crippen LogP contribution in [0.15, 0.2) is 53.4 Å². The SMILES string of the molecule is Cc1nccn1-c1ccc([C@H](C)NC(=O)[C@@H]2C[C@@H](O)CN2C(=O)[C@@H](c2ccno2)C(C)C)cc1. The fraction of sp³-hybridized carbons (Fsp3) is 0.440. The highest BCUT2D eigenvalue weighted by molar-refractivity contribution is 5.91. The molecule has 4 rings (SSSR count). The molecule has 3 aromatic rings. The molecule has 0 spiro atoms. The van der Waals surface area contributed by atoms with Gasteiger partial charge in [-0.15, -0.1) is 0 Å². The van der Waals surface area contributed by atoms with Crippen LogP contribution in [-0.2, 0) is 9.59 Å². The Kier molecular flexibility index (Phi) is 6.83. The summed E-state index contributed by atoms with van der Waals surface area (Å²) in [5.74, 6) is 0.201. The average Bonchev–Trinajstić information content (AvgIpc) is 3.55. The van der Waals surface area contributed by atoms with Gasteiger partial charge in [0.15, 0.2) is 0 Å². The lowest BCUT2D eigenvalue weighted by atomic mass is 9.91. The minimum atomic E-state index is -0.754. The Morgan fingerprint density at radius 3 is 2.47 bits per heavy atom. The van der Waals surface area contributed by atoms with Crippen molar-refractivity contribution in [3.63, 3.8) is 0 Å². The van der Waals surface area contributed by atoms with Crippen molar-refractivity contribution in [2.24, 2.45) is 5.92 Å². The van der Waals surface area contributed by atoms with Gasteiger partial charge in [0.25, 0.3) is 0 Å². The molecule has 0 radical (unpaired) electrons. The van der Waals surface area contributed by atoms with Gasteiger partial charge < -0.3 is 24.4 Å². The van der Waals surface area contributed by atoms with Gasteiger partial charge in [-0.1, -0.05) is 31.1 Å². The van der Waals surface area contributed by atoms with Crippen molar-refractivity contribution in [1.82, 2.24) is 24.9 Å². The fourth-order valence-electron chi connectivity index (χ4n) is 4.57. The van der Waals surface area contributed by atoms with Gasteiger partial charge in [0, 0.05) is 37.1 Å². The van der Waals surface area contributed by atoms with Crippen LogP contribution in [0.4, 0.5) is 0 Å². The lowest BCUT2D eigenvalue weighted by Crippen LogP contribution is -2.48. The minimum Gasteiger partial charge on any atom is -0.391 e. The molecule has 1 aliphatic heterocycles. The number of nitrogens with zero attached hydrogens (tertiary/aromatic N) is 4. The fourth-order valence-corrected chi connectivity index (χ4v) is 4.57. The molecule has 2 N–H and O–H groups in total. The number of aromatic nitrogens is 3. The van der Waals surface area contributed by atoms with Gasteiger partial charge in [0.1, 0.15) is 23.5 Å². The second-order valence-electron chi connectivity index (χ2n) is 9.20. The number of aliphatic hydroxyl groups is 1. The molecule has 1 fully saturated rings. The molecule has 34 heavy (non-hydrogen) atoms. The third-order valence-corrected chi connectivity index (χ3v) is 6.42. The summed E-state index contributed by atoms with van der Waals surface area (Å²) in [7, 11) is 0. The second-order valence-corrected chi connectivity index (χ2v) is 9.20. The standard InChI is InChI=1S/C25H31N5O4/c1-15(2)23(22-9-10-27-34-22)25(33)30-14-20(31)13-21(30)24(32)28-16(3)18-5-7-19(8-6-18)29-12-11-26-17(29)4/h5-12,15-16,20-21,23,31H,13-14H2,1-4H3,(H,28,32)/t16-,20+,21-,23+/m0/s1. The number of benzene rings is 1. The summed E-state index contributed by atoms with van der Waals surface area (Å²) in [5, 5.41) is 17.0. The Bertz CT molecular complexity index is 1120. The number of β-amino-alcohol motifs (C(OH)–C–C–N with tert-alkyl or cyclic N) is 1. The maximum absolute atomic E-state index is 13.4. The van der Waals surface area contributed by atoms with Gasteiger partial charge in [-0.05, 0) is 37.5 Å². The number of nitrogens with one attached hydrogen (secondary N) is 1. The molecule has 9 nitrogen and oxygen atoms in total. The van der Waals surface area contributed by atoms with Crippen molar-refractivity contribution in [3.05, 3.63) is 66.1 Å². The molecule has 3 heterocycles. The van der Waals surface area contributed by atoms with E-state index < -0.39 is 18.1 Å². The average molecular weight is 466 g/mol. The van der Waals surface area contributed by atoms with E-state index in [0.29, 0.717) is 5.76 Å². The molecule has 4 atom stereocenters. The van der Waals surface area contributed by atoms with Gasteiger partial charge in [-0.25, -0.2) is 4.98 Å². The van der Waals surface area contributed by atoms with Crippen LogP contribution in [0.2, 0.25) is 0 Å². The van der Waals surface area contributed by atoms with Gasteiger partial charge in [-0.2, -0.15) is 0 Å². The van der Waals surface area contributed by atoms with Crippen LogP contribution in [0.5, 0.6) is 0 Å². The molecule has 1 saturated heterocycles. The van der Waals surface area contributed by atoms with Crippen molar-refractivity contribution < 1.29 is 19.2 Å². The van der Waals surface area contributed by atoms with Crippen LogP contribution in [0.3, 0.4) is 0 Å². The lowest BCUT2D eigenvalue weighted by Gasteiger charge is -2.29. The zero-order valence-corrected chi connectivity index (χ0v) is 19.9. The Balaban J connectivity index is 1.47. The first-order valence-electron chi connectivity index (χ1n) is 11.6. The number of amides is 2. The van der Waals surface area contributed by atoms with E-state index in [1.54, 1.807) is 12.3 Å². The summed E-state index contributed by atoms with van der Waals surface area (Å²) in [6.07, 6.45) is 4.60. The largest absolute Gasteiger partial charge is 0.391 e. The number of carbonyl (C=O) groups excluding carboxylic acids is 2. The first-order chi connectivity index (χ1) is 16.3. The van der Waals surface area contributed by atoms with E-state index in [4.69, 9.17) is 4.52 Å². The molecule has 0 saturated carbocycles. The predicted octanol–water partition coefficient (Wildman–Crippen LogP) is 2.75. The number of hydrogen-bond donors (Lipinski definition) is 2. The number of aliphatic hydroxyl groups excluding tert-OH is 1. The van der Waals surface area contributed by atoms with Crippen molar-refractivity contribution in [2.45, 2.75) is 58.2 Å². The maximum Gasteiger partial charge on any atom is 0.243 e. The van der Waals surface area contributed by atoms with E-state index in [9.17, 15) is 14.7 Å². The molecule has 1 aromatic carbocycles. The molecule has 180 valence electrons. The third kappa shape index (κ3) is 4.75. The summed E-state index contributed by atoms with van der Waals surface area (Å²) >= 11 is 0. The van der Waals surface area contributed by atoms with Gasteiger partial charge in [0.2, 0.25) is 11.8 Å². The molecule has 2 amide bonds. The highest BCUT2D eigenvalue weighted by Gasteiger charge is 2.43. The summed E-state index contributed by atoms with van der Waals surface area (Å²) in [5.41, 5.74) is 1.92. The number of hydrogen-bond acceptors (Lipinski definition) is 6. The predicted molar refractivity (Wildman–Crippen MR) is 125 cm³/mol. The summed E-state index contributed by atoms with van der Waals surface area (Å²) in [4.78, 5) is 32.3. The highest BCUT2D eigenvalue weighted by Crippen LogP contribution is 2.30. The van der Waals surface area contributed by atoms with E-state index in [2.05, 4.69) is 15.5 Å². The minimum absolute atomic E-state index is 0.0570. The number of rotatable bonds is 7. The Morgan fingerprint density at radius 2 is 1.88 bits per heavy atom. The molecular weight excluding hydrogens is 434 g/mol. The highest BCUT2D eigenvalue weighted by atomic mass is 16.5. The first kappa shape index (κ1) is 23.7. The van der Waals surface area contributed by atoms with E-state index in [1.807, 2.05) is 62.7 Å². The van der Waals surface area contributed by atoms with Crippen molar-refractivity contribution in [2.75, 3.05) is 6.54 Å². The van der Waals surface area contributed by atoms with Crippen LogP contribution in [-0.4, -0.2) is 55.2 Å². The summed E-state index contributed by atoms with van der Waals surface area (Å²) < 4.78 is 7.24. The van der Waals surface area contributed by atoms with E-state index in [0.717, 1.165) is 17.1 Å². The Labute approximate surface area is 198 Å².